The summed E-state index contributed by atoms with van der Waals surface area (Å²) in [4.78, 5) is 15.2. The molecule has 0 atom stereocenters. The summed E-state index contributed by atoms with van der Waals surface area (Å²) in [6.07, 6.45) is 2.01. The van der Waals surface area contributed by atoms with E-state index in [0.29, 0.717) is 5.82 Å². The van der Waals surface area contributed by atoms with Crippen molar-refractivity contribution in [1.82, 2.24) is 24.1 Å². The summed E-state index contributed by atoms with van der Waals surface area (Å²) in [5, 5.41) is 4.71. The third-order valence-corrected chi connectivity index (χ3v) is 10.8. The van der Waals surface area contributed by atoms with Gasteiger partial charge in [0.2, 0.25) is 0 Å². The van der Waals surface area contributed by atoms with E-state index in [1.54, 1.807) is 0 Å². The number of nitrogens with zero attached hydrogens (tertiary/aromatic N) is 5. The van der Waals surface area contributed by atoms with Gasteiger partial charge < -0.3 is 4.57 Å². The molecule has 5 heteroatoms. The van der Waals surface area contributed by atoms with Crippen molar-refractivity contribution >= 4 is 43.7 Å². The van der Waals surface area contributed by atoms with E-state index in [2.05, 4.69) is 161 Å². The molecular formula is C51H33N5. The molecule has 4 heterocycles. The van der Waals surface area contributed by atoms with Crippen molar-refractivity contribution in [1.29, 1.82) is 0 Å². The smallest absolute Gasteiger partial charge is 0.160 e. The summed E-state index contributed by atoms with van der Waals surface area (Å²) in [5.41, 5.74) is 13.6. The Bertz CT molecular complexity index is 3180. The van der Waals surface area contributed by atoms with Gasteiger partial charge in [0, 0.05) is 61.4 Å². The monoisotopic (exact) mass is 715 g/mol. The lowest BCUT2D eigenvalue weighted by Gasteiger charge is -2.12. The van der Waals surface area contributed by atoms with Gasteiger partial charge in [-0.2, -0.15) is 0 Å². The van der Waals surface area contributed by atoms with Crippen LogP contribution in [0.2, 0.25) is 0 Å². The normalized spacial score (nSPS) is 11.6. The van der Waals surface area contributed by atoms with Gasteiger partial charge in [-0.15, -0.1) is 0 Å². The van der Waals surface area contributed by atoms with E-state index in [4.69, 9.17) is 15.0 Å². The van der Waals surface area contributed by atoms with Crippen LogP contribution in [-0.4, -0.2) is 24.1 Å². The van der Waals surface area contributed by atoms with Crippen LogP contribution in [0.3, 0.4) is 0 Å². The molecule has 0 aliphatic rings. The van der Waals surface area contributed by atoms with E-state index >= 15 is 0 Å². The average Bonchev–Trinajstić information content (AvgIpc) is 3.79. The third kappa shape index (κ3) is 5.29. The van der Waals surface area contributed by atoms with Crippen LogP contribution >= 0.6 is 0 Å². The van der Waals surface area contributed by atoms with Crippen molar-refractivity contribution in [3.63, 3.8) is 0 Å². The van der Waals surface area contributed by atoms with Gasteiger partial charge in [-0.05, 0) is 66.2 Å². The predicted octanol–water partition coefficient (Wildman–Crippen LogP) is 12.7. The fourth-order valence-electron chi connectivity index (χ4n) is 8.14. The van der Waals surface area contributed by atoms with Crippen molar-refractivity contribution < 1.29 is 0 Å². The fraction of sp³-hybridized carbons (Fsp3) is 0. The molecule has 0 unspecified atom stereocenters. The molecule has 5 nitrogen and oxygen atoms in total. The maximum Gasteiger partial charge on any atom is 0.160 e. The first-order valence-electron chi connectivity index (χ1n) is 18.9. The molecule has 0 saturated carbocycles. The van der Waals surface area contributed by atoms with E-state index in [9.17, 15) is 0 Å². The number of benzene rings is 7. The van der Waals surface area contributed by atoms with Crippen LogP contribution in [-0.2, 0) is 0 Å². The Morgan fingerprint density at radius 1 is 0.321 bits per heavy atom. The zero-order valence-corrected chi connectivity index (χ0v) is 30.3. The number of hydrogen-bond donors (Lipinski definition) is 0. The molecule has 0 aliphatic carbocycles. The highest BCUT2D eigenvalue weighted by Gasteiger charge is 2.18. The van der Waals surface area contributed by atoms with Gasteiger partial charge in [-0.25, -0.2) is 15.0 Å². The van der Waals surface area contributed by atoms with Crippen molar-refractivity contribution in [2.24, 2.45) is 0 Å². The van der Waals surface area contributed by atoms with Gasteiger partial charge >= 0.3 is 0 Å². The Morgan fingerprint density at radius 2 is 0.875 bits per heavy atom. The van der Waals surface area contributed by atoms with E-state index in [0.717, 1.165) is 78.2 Å². The van der Waals surface area contributed by atoms with Crippen LogP contribution in [0, 0.1) is 0 Å². The number of aromatic nitrogens is 5. The fourth-order valence-corrected chi connectivity index (χ4v) is 8.14. The zero-order valence-electron chi connectivity index (χ0n) is 30.3. The molecule has 4 aromatic heterocycles. The molecule has 0 spiro atoms. The Hall–Kier alpha value is -7.63. The van der Waals surface area contributed by atoms with Crippen LogP contribution < -0.4 is 0 Å². The van der Waals surface area contributed by atoms with Gasteiger partial charge in [-0.3, -0.25) is 4.57 Å². The standard InChI is InChI=1S/C51H33N5/c1-4-15-34(16-5-1)45-32-46(54-50(53-45)35-17-6-2-7-18-35)37-19-14-22-40(29-37)55-47-25-12-10-23-41(47)43-30-36(27-28-49(43)55)38-31-44-42-24-11-13-26-48(42)56(51(44)52-33-38)39-20-8-3-9-21-39/h1-33H. The van der Waals surface area contributed by atoms with Gasteiger partial charge in [0.25, 0.3) is 0 Å². The molecule has 0 amide bonds. The van der Waals surface area contributed by atoms with Crippen LogP contribution in [0.25, 0.3) is 100 Å². The quantitative estimate of drug-likeness (QED) is 0.172. The summed E-state index contributed by atoms with van der Waals surface area (Å²) >= 11 is 0. The van der Waals surface area contributed by atoms with Crippen molar-refractivity contribution in [2.75, 3.05) is 0 Å². The maximum absolute atomic E-state index is 5.12. The second kappa shape index (κ2) is 13.0. The van der Waals surface area contributed by atoms with E-state index in [-0.39, 0.29) is 0 Å². The second-order valence-corrected chi connectivity index (χ2v) is 14.1. The van der Waals surface area contributed by atoms with Crippen molar-refractivity contribution in [3.05, 3.63) is 200 Å². The first kappa shape index (κ1) is 31.9. The Kier molecular flexibility index (Phi) is 7.42. The van der Waals surface area contributed by atoms with Crippen LogP contribution in [0.15, 0.2) is 200 Å². The molecule has 11 rings (SSSR count). The number of fused-ring (bicyclic) bond motifs is 6. The summed E-state index contributed by atoms with van der Waals surface area (Å²) in [7, 11) is 0. The summed E-state index contributed by atoms with van der Waals surface area (Å²) in [5.74, 6) is 0.703. The first-order valence-corrected chi connectivity index (χ1v) is 18.9. The molecule has 0 saturated heterocycles. The lowest BCUT2D eigenvalue weighted by atomic mass is 10.0. The van der Waals surface area contributed by atoms with E-state index < -0.39 is 0 Å². The van der Waals surface area contributed by atoms with E-state index in [1.807, 2.05) is 48.7 Å². The van der Waals surface area contributed by atoms with Gasteiger partial charge in [0.1, 0.15) is 5.65 Å². The third-order valence-electron chi connectivity index (χ3n) is 10.8. The van der Waals surface area contributed by atoms with Gasteiger partial charge in [-0.1, -0.05) is 133 Å². The highest BCUT2D eigenvalue weighted by Crippen LogP contribution is 2.38. The minimum absolute atomic E-state index is 0.703. The molecule has 0 bridgehead atoms. The zero-order chi connectivity index (χ0) is 37.0. The van der Waals surface area contributed by atoms with Gasteiger partial charge in [0.15, 0.2) is 5.82 Å². The second-order valence-electron chi connectivity index (χ2n) is 14.1. The Morgan fingerprint density at radius 3 is 1.62 bits per heavy atom. The lowest BCUT2D eigenvalue weighted by Crippen LogP contribution is -1.97. The van der Waals surface area contributed by atoms with Crippen molar-refractivity contribution in [2.45, 2.75) is 0 Å². The largest absolute Gasteiger partial charge is 0.309 e. The summed E-state index contributed by atoms with van der Waals surface area (Å²) < 4.78 is 4.62. The summed E-state index contributed by atoms with van der Waals surface area (Å²) in [6.45, 7) is 0. The maximum atomic E-state index is 5.12. The molecule has 11 aromatic rings. The molecule has 262 valence electrons. The Labute approximate surface area is 323 Å². The molecule has 0 fully saturated rings. The van der Waals surface area contributed by atoms with Crippen LogP contribution in [0.5, 0.6) is 0 Å². The molecular weight excluding hydrogens is 683 g/mol. The number of pyridine rings is 1. The molecule has 0 radical (unpaired) electrons. The highest BCUT2D eigenvalue weighted by molar-refractivity contribution is 6.12. The SMILES string of the molecule is c1ccc(-c2cc(-c3cccc(-n4c5ccccc5c5cc(-c6cnc7c(c6)c6ccccc6n7-c6ccccc6)ccc54)c3)nc(-c3ccccc3)n2)cc1. The molecule has 7 aromatic carbocycles. The minimum Gasteiger partial charge on any atom is -0.309 e. The molecule has 0 aliphatic heterocycles. The number of para-hydroxylation sites is 3. The predicted molar refractivity (Wildman–Crippen MR) is 230 cm³/mol. The van der Waals surface area contributed by atoms with Crippen molar-refractivity contribution in [3.8, 4) is 56.4 Å². The van der Waals surface area contributed by atoms with Crippen LogP contribution in [0.4, 0.5) is 0 Å². The average molecular weight is 716 g/mol. The highest BCUT2D eigenvalue weighted by atomic mass is 15.0. The Balaban J connectivity index is 1.05. The lowest BCUT2D eigenvalue weighted by molar-refractivity contribution is 1.14. The van der Waals surface area contributed by atoms with E-state index in [1.165, 1.54) is 16.2 Å². The van der Waals surface area contributed by atoms with Crippen LogP contribution in [0.1, 0.15) is 0 Å². The first-order chi connectivity index (χ1) is 27.8. The number of hydrogen-bond acceptors (Lipinski definition) is 3. The summed E-state index contributed by atoms with van der Waals surface area (Å²) in [6, 6.07) is 68.1. The molecule has 56 heavy (non-hydrogen) atoms. The topological polar surface area (TPSA) is 48.5 Å². The number of rotatable bonds is 6. The minimum atomic E-state index is 0.703. The van der Waals surface area contributed by atoms with Gasteiger partial charge in [0.05, 0.1) is 27.9 Å². The molecule has 0 N–H and O–H groups in total.